The summed E-state index contributed by atoms with van der Waals surface area (Å²) in [6.45, 7) is 4.57. The summed E-state index contributed by atoms with van der Waals surface area (Å²) in [5.41, 5.74) is 2.88. The van der Waals surface area contributed by atoms with Crippen LogP contribution < -0.4 is 0 Å². The first-order valence-corrected chi connectivity index (χ1v) is 13.4. The predicted molar refractivity (Wildman–Crippen MR) is 155 cm³/mol. The Labute approximate surface area is 246 Å². The second-order valence-corrected chi connectivity index (χ2v) is 10.3. The largest absolute Gasteiger partial charge is 0.478 e. The van der Waals surface area contributed by atoms with Crippen molar-refractivity contribution in [3.05, 3.63) is 82.9 Å². The van der Waals surface area contributed by atoms with Gasteiger partial charge in [0.15, 0.2) is 0 Å². The molecule has 0 saturated carbocycles. The van der Waals surface area contributed by atoms with Crippen LogP contribution in [0.3, 0.4) is 0 Å². The molecule has 13 heteroatoms. The van der Waals surface area contributed by atoms with Crippen LogP contribution in [0.25, 0.3) is 0 Å². The summed E-state index contributed by atoms with van der Waals surface area (Å²) in [5, 5.41) is 32.1. The number of hydrogen-bond donors (Lipinski definition) is 4. The van der Waals surface area contributed by atoms with E-state index in [1.165, 1.54) is 20.9 Å². The van der Waals surface area contributed by atoms with Gasteiger partial charge in [0.05, 0.1) is 0 Å². The highest BCUT2D eigenvalue weighted by molar-refractivity contribution is 7.99. The van der Waals surface area contributed by atoms with Crippen molar-refractivity contribution in [2.75, 3.05) is 33.2 Å². The number of carboxylic acid groups (broad SMARTS) is 4. The van der Waals surface area contributed by atoms with E-state index in [-0.39, 0.29) is 5.48 Å². The van der Waals surface area contributed by atoms with Crippen molar-refractivity contribution in [2.45, 2.75) is 28.7 Å². The quantitative estimate of drug-likeness (QED) is 0.365. The third kappa shape index (κ3) is 13.0. The Kier molecular flexibility index (Phi) is 15.4. The number of carbonyl (C=O) groups is 4. The lowest BCUT2D eigenvalue weighted by Crippen LogP contribution is -2.46. The molecule has 1 fully saturated rings. The van der Waals surface area contributed by atoms with Gasteiger partial charge >= 0.3 is 23.9 Å². The summed E-state index contributed by atoms with van der Waals surface area (Å²) in [6, 6.07) is 15.7. The summed E-state index contributed by atoms with van der Waals surface area (Å²) in [6.07, 6.45) is 4.52. The van der Waals surface area contributed by atoms with Crippen LogP contribution in [0.1, 0.15) is 23.6 Å². The van der Waals surface area contributed by atoms with Crippen LogP contribution in [0.5, 0.6) is 0 Å². The van der Waals surface area contributed by atoms with E-state index in [9.17, 15) is 19.2 Å². The molecular weight excluding hydrogens is 576 g/mol. The molecule has 6 N–H and O–H groups in total. The Morgan fingerprint density at radius 3 is 1.83 bits per heavy atom. The lowest BCUT2D eigenvalue weighted by molar-refractivity contribution is -0.134. The molecule has 2 heterocycles. The first-order chi connectivity index (χ1) is 19.0. The van der Waals surface area contributed by atoms with E-state index in [4.69, 9.17) is 32.0 Å². The molecule has 4 rings (SSSR count). The van der Waals surface area contributed by atoms with Crippen LogP contribution in [0.15, 0.2) is 76.6 Å². The maximum absolute atomic E-state index is 9.55. The second-order valence-electron chi connectivity index (χ2n) is 8.81. The van der Waals surface area contributed by atoms with Gasteiger partial charge in [0.1, 0.15) is 0 Å². The number of fused-ring (bicyclic) bond motifs is 2. The normalized spacial score (nSPS) is 16.8. The van der Waals surface area contributed by atoms with Gasteiger partial charge in [-0.25, -0.2) is 19.2 Å². The summed E-state index contributed by atoms with van der Waals surface area (Å²) < 4.78 is 0. The molecule has 0 amide bonds. The van der Waals surface area contributed by atoms with Gasteiger partial charge in [-0.2, -0.15) is 0 Å². The van der Waals surface area contributed by atoms with Crippen molar-refractivity contribution < 1.29 is 45.1 Å². The van der Waals surface area contributed by atoms with Gasteiger partial charge in [0.25, 0.3) is 0 Å². The Hall–Kier alpha value is -3.68. The fourth-order valence-corrected chi connectivity index (χ4v) is 5.36. The van der Waals surface area contributed by atoms with E-state index < -0.39 is 23.9 Å². The van der Waals surface area contributed by atoms with E-state index in [0.717, 1.165) is 44.0 Å². The third-order valence-electron chi connectivity index (χ3n) is 5.93. The predicted octanol–water partition coefficient (Wildman–Crippen LogP) is 3.32. The molecule has 1 atom stereocenters. The van der Waals surface area contributed by atoms with E-state index >= 15 is 0 Å². The molecule has 2 aromatic rings. The number of aliphatic carboxylic acids is 4. The van der Waals surface area contributed by atoms with E-state index in [2.05, 4.69) is 53.2 Å². The van der Waals surface area contributed by atoms with Crippen molar-refractivity contribution in [3.63, 3.8) is 0 Å². The van der Waals surface area contributed by atoms with Gasteiger partial charge in [-0.05, 0) is 55.3 Å². The van der Waals surface area contributed by atoms with Crippen molar-refractivity contribution in [1.82, 2.24) is 9.80 Å². The van der Waals surface area contributed by atoms with Gasteiger partial charge in [0, 0.05) is 71.3 Å². The topological polar surface area (TPSA) is 187 Å². The van der Waals surface area contributed by atoms with Crippen LogP contribution in [0.4, 0.5) is 0 Å². The van der Waals surface area contributed by atoms with Gasteiger partial charge in [-0.15, -0.1) is 0 Å². The second kappa shape index (κ2) is 17.9. The highest BCUT2D eigenvalue weighted by atomic mass is 35.5. The average Bonchev–Trinajstić information content (AvgIpc) is 2.89. The summed E-state index contributed by atoms with van der Waals surface area (Å²) >= 11 is 8.26. The highest BCUT2D eigenvalue weighted by Crippen LogP contribution is 2.42. The minimum Gasteiger partial charge on any atom is -0.478 e. The number of hydrogen-bond acceptors (Lipinski definition) is 7. The minimum absolute atomic E-state index is 0. The fraction of sp³-hybridized carbons (Fsp3) is 0.286. The molecule has 2 aliphatic heterocycles. The molecule has 1 saturated heterocycles. The Morgan fingerprint density at radius 2 is 1.32 bits per heavy atom. The first-order valence-electron chi connectivity index (χ1n) is 12.2. The van der Waals surface area contributed by atoms with Gasteiger partial charge in [-0.3, -0.25) is 4.90 Å². The summed E-state index contributed by atoms with van der Waals surface area (Å²) in [7, 11) is 2.21. The maximum atomic E-state index is 9.55. The van der Waals surface area contributed by atoms with Gasteiger partial charge in [0.2, 0.25) is 0 Å². The zero-order chi connectivity index (χ0) is 29.7. The standard InChI is InChI=1S/C20H23ClN2S.2C4H4O4.H2O/c1-22-10-12-23(13-11-22)18-8-6-15-4-2-3-5-19(15)24-20-9-7-16(21)14-17(18)20;2*5-3(6)1-2-4(7)8;/h2-5,7,9,14,18H,6,8,10-13H2,1H3;2*1-2H,(H,5,6)(H,7,8);1H2/b;2*2-1-;. The van der Waals surface area contributed by atoms with E-state index in [1.54, 1.807) is 0 Å². The van der Waals surface area contributed by atoms with Crippen molar-refractivity contribution in [1.29, 1.82) is 0 Å². The van der Waals surface area contributed by atoms with Crippen molar-refractivity contribution in [2.24, 2.45) is 0 Å². The highest BCUT2D eigenvalue weighted by Gasteiger charge is 2.28. The number of piperazine rings is 1. The molecule has 222 valence electrons. The first kappa shape index (κ1) is 35.3. The molecule has 1 unspecified atom stereocenters. The van der Waals surface area contributed by atoms with Crippen molar-refractivity contribution in [3.8, 4) is 0 Å². The number of nitrogens with zero attached hydrogens (tertiary/aromatic N) is 2. The molecule has 0 bridgehead atoms. The molecule has 2 aromatic carbocycles. The average molecular weight is 609 g/mol. The SMILES string of the molecule is CN1CCN(C2CCc3ccccc3Sc3ccc(Cl)cc32)CC1.O.O=C(O)/C=C\C(=O)O.O=C(O)/C=C\C(=O)O. The Bertz CT molecular complexity index is 1190. The fourth-order valence-electron chi connectivity index (χ4n) is 4.05. The molecule has 0 radical (unpaired) electrons. The minimum atomic E-state index is -1.26. The van der Waals surface area contributed by atoms with E-state index in [1.807, 2.05) is 17.8 Å². The molecule has 41 heavy (non-hydrogen) atoms. The maximum Gasteiger partial charge on any atom is 0.328 e. The smallest absolute Gasteiger partial charge is 0.328 e. The monoisotopic (exact) mass is 608 g/mol. The zero-order valence-electron chi connectivity index (χ0n) is 22.3. The number of halogens is 1. The molecule has 11 nitrogen and oxygen atoms in total. The number of aryl methyl sites for hydroxylation is 1. The third-order valence-corrected chi connectivity index (χ3v) is 7.37. The van der Waals surface area contributed by atoms with Crippen LogP contribution in [0.2, 0.25) is 5.02 Å². The zero-order valence-corrected chi connectivity index (χ0v) is 23.8. The number of carboxylic acids is 4. The molecule has 0 aromatic heterocycles. The molecule has 2 aliphatic rings. The van der Waals surface area contributed by atoms with Crippen LogP contribution in [-0.2, 0) is 25.6 Å². The van der Waals surface area contributed by atoms with Crippen LogP contribution in [0, 0.1) is 0 Å². The number of benzene rings is 2. The van der Waals surface area contributed by atoms with Crippen molar-refractivity contribution >= 4 is 47.2 Å². The van der Waals surface area contributed by atoms with E-state index in [0.29, 0.717) is 30.3 Å². The number of likely N-dealkylation sites (N-methyl/N-ethyl adjacent to an activating group) is 1. The Morgan fingerprint density at radius 1 is 0.805 bits per heavy atom. The van der Waals surface area contributed by atoms with Gasteiger partial charge < -0.3 is 30.8 Å². The van der Waals surface area contributed by atoms with Crippen LogP contribution >= 0.6 is 23.4 Å². The lowest BCUT2D eigenvalue weighted by Gasteiger charge is -2.39. The molecule has 0 aliphatic carbocycles. The Balaban J connectivity index is 0.000000413. The summed E-state index contributed by atoms with van der Waals surface area (Å²) in [5.74, 6) is -5.03. The van der Waals surface area contributed by atoms with Crippen LogP contribution in [-0.4, -0.2) is 92.8 Å². The lowest BCUT2D eigenvalue weighted by atomic mass is 9.96. The van der Waals surface area contributed by atoms with Gasteiger partial charge in [-0.1, -0.05) is 41.6 Å². The molecule has 0 spiro atoms. The summed E-state index contributed by atoms with van der Waals surface area (Å²) in [4.78, 5) is 46.0. The molecular formula is C28H33ClN2O9S. The number of rotatable bonds is 5.